The Hall–Kier alpha value is -1.14. The van der Waals surface area contributed by atoms with E-state index in [0.717, 1.165) is 23.9 Å². The quantitative estimate of drug-likeness (QED) is 0.813. The highest BCUT2D eigenvalue weighted by Crippen LogP contribution is 2.19. The van der Waals surface area contributed by atoms with Crippen LogP contribution in [0.25, 0.3) is 0 Å². The largest absolute Gasteiger partial charge is 0.466 e. The topological polar surface area (TPSA) is 54.5 Å². The smallest absolute Gasteiger partial charge is 0.306 e. The number of ether oxygens (including phenoxy) is 1. The van der Waals surface area contributed by atoms with Gasteiger partial charge in [0.05, 0.1) is 18.7 Å². The van der Waals surface area contributed by atoms with Crippen LogP contribution in [0.1, 0.15) is 38.3 Å². The lowest BCUT2D eigenvalue weighted by Gasteiger charge is -2.26. The minimum absolute atomic E-state index is 0.152. The number of hydrogen-bond acceptors (Lipinski definition) is 6. The van der Waals surface area contributed by atoms with Gasteiger partial charge in [0.1, 0.15) is 0 Å². The molecule has 5 nitrogen and oxygen atoms in total. The van der Waals surface area contributed by atoms with E-state index in [9.17, 15) is 4.79 Å². The Labute approximate surface area is 117 Å². The van der Waals surface area contributed by atoms with E-state index in [1.807, 2.05) is 12.3 Å². The summed E-state index contributed by atoms with van der Waals surface area (Å²) in [5.74, 6) is -0.152. The van der Waals surface area contributed by atoms with E-state index in [2.05, 4.69) is 15.4 Å². The summed E-state index contributed by atoms with van der Waals surface area (Å²) in [7, 11) is 0. The van der Waals surface area contributed by atoms with Crippen molar-refractivity contribution >= 4 is 22.4 Å². The van der Waals surface area contributed by atoms with Crippen molar-refractivity contribution in [2.24, 2.45) is 0 Å². The van der Waals surface area contributed by atoms with Gasteiger partial charge in [0.15, 0.2) is 5.13 Å². The Balaban J connectivity index is 1.76. The van der Waals surface area contributed by atoms with Crippen LogP contribution in [0.3, 0.4) is 0 Å². The predicted octanol–water partition coefficient (Wildman–Crippen LogP) is 2.45. The van der Waals surface area contributed by atoms with Gasteiger partial charge in [-0.3, -0.25) is 10.2 Å². The normalized spacial score (nSPS) is 16.3. The molecule has 1 aromatic rings. The molecule has 0 amide bonds. The molecular weight excluding hydrogens is 262 g/mol. The lowest BCUT2D eigenvalue weighted by Crippen LogP contribution is -2.34. The second kappa shape index (κ2) is 7.45. The second-order valence-electron chi connectivity index (χ2n) is 4.61. The van der Waals surface area contributed by atoms with Crippen LogP contribution in [-0.2, 0) is 16.0 Å². The molecule has 0 aromatic carbocycles. The van der Waals surface area contributed by atoms with Crippen LogP contribution in [0.2, 0.25) is 0 Å². The molecule has 1 aliphatic rings. The van der Waals surface area contributed by atoms with Gasteiger partial charge in [0.25, 0.3) is 0 Å². The Morgan fingerprint density at radius 3 is 3.00 bits per heavy atom. The number of nitrogens with one attached hydrogen (secondary N) is 1. The first-order chi connectivity index (χ1) is 9.28. The SMILES string of the molecule is CCOC(=O)CCc1csc(NN2CCCCC2)n1. The van der Waals surface area contributed by atoms with E-state index in [1.54, 1.807) is 11.3 Å². The minimum Gasteiger partial charge on any atom is -0.466 e. The Morgan fingerprint density at radius 2 is 2.26 bits per heavy atom. The number of thiazole rings is 1. The number of rotatable bonds is 6. The molecule has 0 atom stereocenters. The Bertz CT molecular complexity index is 402. The molecule has 0 unspecified atom stereocenters. The van der Waals surface area contributed by atoms with Gasteiger partial charge in [-0.05, 0) is 19.8 Å². The maximum absolute atomic E-state index is 11.3. The number of hydrogen-bond donors (Lipinski definition) is 1. The van der Waals surface area contributed by atoms with Crippen LogP contribution >= 0.6 is 11.3 Å². The summed E-state index contributed by atoms with van der Waals surface area (Å²) in [6.07, 6.45) is 4.86. The standard InChI is InChI=1S/C13H21N3O2S/c1-2-18-12(17)7-6-11-10-19-13(14-11)15-16-8-4-3-5-9-16/h10H,2-9H2,1H3,(H,14,15). The van der Waals surface area contributed by atoms with Crippen molar-refractivity contribution in [2.45, 2.75) is 39.0 Å². The molecule has 6 heteroatoms. The summed E-state index contributed by atoms with van der Waals surface area (Å²) in [4.78, 5) is 15.8. The molecule has 19 heavy (non-hydrogen) atoms. The van der Waals surface area contributed by atoms with Gasteiger partial charge >= 0.3 is 5.97 Å². The van der Waals surface area contributed by atoms with Crippen molar-refractivity contribution in [3.05, 3.63) is 11.1 Å². The molecule has 1 N–H and O–H groups in total. The Kier molecular flexibility index (Phi) is 5.60. The predicted molar refractivity (Wildman–Crippen MR) is 76.1 cm³/mol. The van der Waals surface area contributed by atoms with Gasteiger partial charge in [-0.2, -0.15) is 0 Å². The van der Waals surface area contributed by atoms with Crippen molar-refractivity contribution in [1.29, 1.82) is 0 Å². The first-order valence-corrected chi connectivity index (χ1v) is 7.77. The zero-order chi connectivity index (χ0) is 13.5. The molecule has 0 bridgehead atoms. The van der Waals surface area contributed by atoms with E-state index in [-0.39, 0.29) is 5.97 Å². The summed E-state index contributed by atoms with van der Waals surface area (Å²) < 4.78 is 4.90. The zero-order valence-electron chi connectivity index (χ0n) is 11.4. The molecule has 0 spiro atoms. The molecule has 0 saturated carbocycles. The lowest BCUT2D eigenvalue weighted by atomic mass is 10.2. The summed E-state index contributed by atoms with van der Waals surface area (Å²) in [6.45, 7) is 4.43. The monoisotopic (exact) mass is 283 g/mol. The van der Waals surface area contributed by atoms with Gasteiger partial charge in [0.2, 0.25) is 0 Å². The van der Waals surface area contributed by atoms with Crippen molar-refractivity contribution in [3.63, 3.8) is 0 Å². The van der Waals surface area contributed by atoms with E-state index in [4.69, 9.17) is 4.74 Å². The second-order valence-corrected chi connectivity index (χ2v) is 5.47. The molecule has 0 aliphatic carbocycles. The highest BCUT2D eigenvalue weighted by Gasteiger charge is 2.12. The number of aryl methyl sites for hydroxylation is 1. The van der Waals surface area contributed by atoms with Crippen molar-refractivity contribution in [2.75, 3.05) is 25.1 Å². The fraction of sp³-hybridized carbons (Fsp3) is 0.692. The van der Waals surface area contributed by atoms with Crippen LogP contribution < -0.4 is 5.43 Å². The number of carbonyl (C=O) groups is 1. The average molecular weight is 283 g/mol. The molecular formula is C13H21N3O2S. The molecule has 0 radical (unpaired) electrons. The van der Waals surface area contributed by atoms with E-state index < -0.39 is 0 Å². The van der Waals surface area contributed by atoms with Gasteiger partial charge in [-0.15, -0.1) is 11.3 Å². The number of anilines is 1. The van der Waals surface area contributed by atoms with Gasteiger partial charge in [-0.1, -0.05) is 6.42 Å². The zero-order valence-corrected chi connectivity index (χ0v) is 12.2. The van der Waals surface area contributed by atoms with Crippen LogP contribution in [0, 0.1) is 0 Å². The maximum Gasteiger partial charge on any atom is 0.306 e. The first-order valence-electron chi connectivity index (χ1n) is 6.89. The van der Waals surface area contributed by atoms with Crippen LogP contribution in [0.4, 0.5) is 5.13 Å². The third-order valence-electron chi connectivity index (χ3n) is 3.05. The third kappa shape index (κ3) is 4.80. The van der Waals surface area contributed by atoms with Gasteiger partial charge < -0.3 is 4.74 Å². The number of nitrogens with zero attached hydrogens (tertiary/aromatic N) is 2. The maximum atomic E-state index is 11.3. The highest BCUT2D eigenvalue weighted by molar-refractivity contribution is 7.13. The lowest BCUT2D eigenvalue weighted by molar-refractivity contribution is -0.143. The van der Waals surface area contributed by atoms with E-state index >= 15 is 0 Å². The molecule has 1 saturated heterocycles. The number of aromatic nitrogens is 1. The van der Waals surface area contributed by atoms with Crippen molar-refractivity contribution in [1.82, 2.24) is 9.99 Å². The molecule has 2 heterocycles. The molecule has 1 aromatic heterocycles. The Morgan fingerprint density at radius 1 is 1.47 bits per heavy atom. The molecule has 2 rings (SSSR count). The fourth-order valence-corrected chi connectivity index (χ4v) is 2.85. The summed E-state index contributed by atoms with van der Waals surface area (Å²) in [5, 5.41) is 5.14. The number of piperidine rings is 1. The summed E-state index contributed by atoms with van der Waals surface area (Å²) >= 11 is 1.59. The van der Waals surface area contributed by atoms with Crippen molar-refractivity contribution < 1.29 is 9.53 Å². The number of hydrazine groups is 1. The minimum atomic E-state index is -0.152. The van der Waals surface area contributed by atoms with Crippen LogP contribution in [0.15, 0.2) is 5.38 Å². The van der Waals surface area contributed by atoms with Gasteiger partial charge in [-0.25, -0.2) is 9.99 Å². The summed E-state index contributed by atoms with van der Waals surface area (Å²) in [6, 6.07) is 0. The highest BCUT2D eigenvalue weighted by atomic mass is 32.1. The molecule has 1 aliphatic heterocycles. The fourth-order valence-electron chi connectivity index (χ4n) is 2.08. The molecule has 106 valence electrons. The van der Waals surface area contributed by atoms with Crippen LogP contribution in [0.5, 0.6) is 0 Å². The number of esters is 1. The first kappa shape index (κ1) is 14.3. The van der Waals surface area contributed by atoms with E-state index in [0.29, 0.717) is 19.4 Å². The van der Waals surface area contributed by atoms with Crippen LogP contribution in [-0.4, -0.2) is 35.7 Å². The average Bonchev–Trinajstić information content (AvgIpc) is 2.86. The van der Waals surface area contributed by atoms with Crippen molar-refractivity contribution in [3.8, 4) is 0 Å². The van der Waals surface area contributed by atoms with Gasteiger partial charge in [0, 0.05) is 24.9 Å². The number of carbonyl (C=O) groups excluding carboxylic acids is 1. The van der Waals surface area contributed by atoms with E-state index in [1.165, 1.54) is 19.3 Å². The summed E-state index contributed by atoms with van der Waals surface area (Å²) in [5.41, 5.74) is 4.29. The molecule has 1 fully saturated rings. The third-order valence-corrected chi connectivity index (χ3v) is 3.85.